The first kappa shape index (κ1) is 16.0. The number of rotatable bonds is 5. The van der Waals surface area contributed by atoms with Crippen molar-refractivity contribution < 1.29 is 18.3 Å². The third-order valence-electron chi connectivity index (χ3n) is 2.24. The minimum atomic E-state index is -3.41. The summed E-state index contributed by atoms with van der Waals surface area (Å²) in [4.78, 5) is 18.1. The molecule has 94 valence electrons. The Morgan fingerprint density at radius 1 is 1.50 bits per heavy atom. The van der Waals surface area contributed by atoms with E-state index in [9.17, 15) is 13.2 Å². The van der Waals surface area contributed by atoms with Crippen LogP contribution >= 0.6 is 0 Å². The Morgan fingerprint density at radius 3 is 2.72 bits per heavy atom. The van der Waals surface area contributed by atoms with Crippen LogP contribution in [-0.4, -0.2) is 86.1 Å². The monoisotopic (exact) mass is 297 g/mol. The SMILES string of the molecule is O=C(O)Cc1ccnc(NS(=O)(=O)C2CC2)n1.[KH]. The summed E-state index contributed by atoms with van der Waals surface area (Å²) in [6.07, 6.45) is 2.35. The molecule has 1 aromatic rings. The van der Waals surface area contributed by atoms with E-state index in [4.69, 9.17) is 5.11 Å². The van der Waals surface area contributed by atoms with E-state index < -0.39 is 16.0 Å². The van der Waals surface area contributed by atoms with Crippen LogP contribution < -0.4 is 4.72 Å². The van der Waals surface area contributed by atoms with Crippen LogP contribution in [0.3, 0.4) is 0 Å². The van der Waals surface area contributed by atoms with Gasteiger partial charge in [-0.25, -0.2) is 18.4 Å². The van der Waals surface area contributed by atoms with Gasteiger partial charge in [0.1, 0.15) is 0 Å². The number of anilines is 1. The fourth-order valence-electron chi connectivity index (χ4n) is 1.29. The summed E-state index contributed by atoms with van der Waals surface area (Å²) in [6, 6.07) is 1.43. The number of hydrogen-bond acceptors (Lipinski definition) is 5. The molecule has 9 heteroatoms. The maximum absolute atomic E-state index is 11.6. The summed E-state index contributed by atoms with van der Waals surface area (Å²) >= 11 is 0. The number of sulfonamides is 1. The number of carbonyl (C=O) groups is 1. The van der Waals surface area contributed by atoms with Crippen molar-refractivity contribution in [2.45, 2.75) is 24.5 Å². The van der Waals surface area contributed by atoms with Crippen molar-refractivity contribution in [3.63, 3.8) is 0 Å². The summed E-state index contributed by atoms with van der Waals surface area (Å²) in [5.74, 6) is -1.10. The van der Waals surface area contributed by atoms with Gasteiger partial charge in [0.15, 0.2) is 0 Å². The second-order valence-electron chi connectivity index (χ2n) is 3.79. The topological polar surface area (TPSA) is 109 Å². The van der Waals surface area contributed by atoms with Crippen molar-refractivity contribution >= 4 is 73.3 Å². The zero-order valence-electron chi connectivity index (χ0n) is 8.83. The number of carboxylic acids is 1. The molecular weight excluding hydrogens is 285 g/mol. The molecule has 1 aliphatic rings. The van der Waals surface area contributed by atoms with Gasteiger partial charge in [-0.3, -0.25) is 9.52 Å². The molecule has 1 saturated carbocycles. The number of carboxylic acid groups (broad SMARTS) is 1. The van der Waals surface area contributed by atoms with Crippen LogP contribution in [0.5, 0.6) is 0 Å². The molecule has 1 heterocycles. The van der Waals surface area contributed by atoms with Crippen LogP contribution in [0.4, 0.5) is 5.95 Å². The molecule has 2 rings (SSSR count). The second kappa shape index (κ2) is 6.39. The number of hydrogen-bond donors (Lipinski definition) is 2. The van der Waals surface area contributed by atoms with Crippen LogP contribution in [-0.2, 0) is 21.2 Å². The van der Waals surface area contributed by atoms with E-state index in [1.807, 2.05) is 0 Å². The Labute approximate surface area is 147 Å². The van der Waals surface area contributed by atoms with Gasteiger partial charge in [-0.1, -0.05) is 0 Å². The van der Waals surface area contributed by atoms with Crippen LogP contribution in [0.15, 0.2) is 12.3 Å². The first-order chi connectivity index (χ1) is 7.97. The molecule has 1 aliphatic carbocycles. The average molecular weight is 297 g/mol. The summed E-state index contributed by atoms with van der Waals surface area (Å²) in [5.41, 5.74) is 0.265. The Bertz CT molecular complexity index is 544. The molecule has 0 amide bonds. The van der Waals surface area contributed by atoms with Gasteiger partial charge >= 0.3 is 57.4 Å². The molecule has 1 fully saturated rings. The van der Waals surface area contributed by atoms with Crippen LogP contribution in [0.1, 0.15) is 18.5 Å². The Hall–Kier alpha value is -0.0636. The van der Waals surface area contributed by atoms with Gasteiger partial charge in [0.05, 0.1) is 17.4 Å². The van der Waals surface area contributed by atoms with Crippen molar-refractivity contribution in [2.75, 3.05) is 4.72 Å². The van der Waals surface area contributed by atoms with Gasteiger partial charge in [-0.05, 0) is 18.9 Å². The van der Waals surface area contributed by atoms with Gasteiger partial charge < -0.3 is 5.11 Å². The third-order valence-corrected chi connectivity index (χ3v) is 4.06. The predicted molar refractivity (Wildman–Crippen MR) is 66.1 cm³/mol. The van der Waals surface area contributed by atoms with Gasteiger partial charge in [-0.2, -0.15) is 0 Å². The van der Waals surface area contributed by atoms with E-state index in [1.165, 1.54) is 12.3 Å². The van der Waals surface area contributed by atoms with Crippen molar-refractivity contribution in [3.05, 3.63) is 18.0 Å². The zero-order chi connectivity index (χ0) is 12.5. The molecule has 0 radical (unpaired) electrons. The summed E-state index contributed by atoms with van der Waals surface area (Å²) in [7, 11) is -3.41. The van der Waals surface area contributed by atoms with E-state index in [-0.39, 0.29) is 74.7 Å². The fraction of sp³-hybridized carbons (Fsp3) is 0.444. The van der Waals surface area contributed by atoms with Gasteiger partial charge in [0.2, 0.25) is 16.0 Å². The van der Waals surface area contributed by atoms with Crippen molar-refractivity contribution in [3.8, 4) is 0 Å². The number of nitrogens with zero attached hydrogens (tertiary/aromatic N) is 2. The summed E-state index contributed by atoms with van der Waals surface area (Å²) < 4.78 is 25.4. The van der Waals surface area contributed by atoms with Crippen molar-refractivity contribution in [1.29, 1.82) is 0 Å². The van der Waals surface area contributed by atoms with E-state index in [2.05, 4.69) is 14.7 Å². The minimum absolute atomic E-state index is 0. The number of aliphatic carboxylic acids is 1. The first-order valence-corrected chi connectivity index (χ1v) is 6.57. The quantitative estimate of drug-likeness (QED) is 0.700. The fourth-order valence-corrected chi connectivity index (χ4v) is 2.56. The van der Waals surface area contributed by atoms with Gasteiger partial charge in [0.25, 0.3) is 0 Å². The predicted octanol–water partition coefficient (Wildman–Crippen LogP) is -0.641. The maximum atomic E-state index is 11.6. The van der Waals surface area contributed by atoms with E-state index in [0.29, 0.717) is 12.8 Å². The van der Waals surface area contributed by atoms with E-state index in [1.54, 1.807) is 0 Å². The van der Waals surface area contributed by atoms with Gasteiger partial charge in [-0.15, -0.1) is 0 Å². The number of aromatic nitrogens is 2. The van der Waals surface area contributed by atoms with Crippen molar-refractivity contribution in [1.82, 2.24) is 9.97 Å². The Balaban J connectivity index is 0.00000162. The Kier molecular flexibility index (Phi) is 5.68. The standard InChI is InChI=1S/C9H11N3O4S.K.H/c13-8(14)5-6-3-4-10-9(11-6)12-17(15,16)7-1-2-7;;/h3-4,7H,1-2,5H2,(H,13,14)(H,10,11,12);;. The molecule has 2 N–H and O–H groups in total. The summed E-state index contributed by atoms with van der Waals surface area (Å²) in [5, 5.41) is 8.22. The average Bonchev–Trinajstić information content (AvgIpc) is 2.98. The van der Waals surface area contributed by atoms with Crippen LogP contribution in [0.2, 0.25) is 0 Å². The third kappa shape index (κ3) is 4.56. The molecule has 1 aromatic heterocycles. The van der Waals surface area contributed by atoms with Crippen molar-refractivity contribution in [2.24, 2.45) is 0 Å². The van der Waals surface area contributed by atoms with Gasteiger partial charge in [0, 0.05) is 6.20 Å². The first-order valence-electron chi connectivity index (χ1n) is 5.03. The Morgan fingerprint density at radius 2 is 2.17 bits per heavy atom. The molecule has 0 aliphatic heterocycles. The molecule has 0 atom stereocenters. The molecule has 0 unspecified atom stereocenters. The number of nitrogens with one attached hydrogen (secondary N) is 1. The molecule has 18 heavy (non-hydrogen) atoms. The second-order valence-corrected chi connectivity index (χ2v) is 5.75. The molecule has 0 spiro atoms. The van der Waals surface area contributed by atoms with E-state index >= 15 is 0 Å². The van der Waals surface area contributed by atoms with Crippen LogP contribution in [0.25, 0.3) is 0 Å². The zero-order valence-corrected chi connectivity index (χ0v) is 9.64. The molecule has 7 nitrogen and oxygen atoms in total. The van der Waals surface area contributed by atoms with E-state index in [0.717, 1.165) is 0 Å². The molecular formula is C9H12KN3O4S. The normalized spacial score (nSPS) is 14.7. The molecule has 0 aromatic carbocycles. The summed E-state index contributed by atoms with van der Waals surface area (Å²) in [6.45, 7) is 0. The molecule has 0 bridgehead atoms. The molecule has 0 saturated heterocycles. The van der Waals surface area contributed by atoms with Crippen LogP contribution in [0, 0.1) is 0 Å².